The van der Waals surface area contributed by atoms with Crippen molar-refractivity contribution in [3.8, 4) is 0 Å². The van der Waals surface area contributed by atoms with Crippen molar-refractivity contribution in [2.75, 3.05) is 0 Å². The number of aryl methyl sites for hydroxylation is 2. The topological polar surface area (TPSA) is 96.0 Å². The Morgan fingerprint density at radius 1 is 1.09 bits per heavy atom. The number of sulfonamides is 1. The van der Waals surface area contributed by atoms with Gasteiger partial charge in [0.05, 0.1) is 11.7 Å². The van der Waals surface area contributed by atoms with E-state index in [1.165, 1.54) is 4.31 Å². The number of hydrogen-bond donors (Lipinski definition) is 1. The van der Waals surface area contributed by atoms with Gasteiger partial charge in [0.2, 0.25) is 10.0 Å². The van der Waals surface area contributed by atoms with Crippen molar-refractivity contribution in [3.63, 3.8) is 0 Å². The molecule has 33 heavy (non-hydrogen) atoms. The summed E-state index contributed by atoms with van der Waals surface area (Å²) >= 11 is 1.00. The summed E-state index contributed by atoms with van der Waals surface area (Å²) in [6, 6.07) is 10.8. The first-order chi connectivity index (χ1) is 15.8. The molecule has 0 spiro atoms. The average Bonchev–Trinajstić information content (AvgIpc) is 3.27. The van der Waals surface area contributed by atoms with E-state index in [0.717, 1.165) is 65.9 Å². The highest BCUT2D eigenvalue weighted by Gasteiger charge is 2.34. The lowest BCUT2D eigenvalue weighted by Crippen LogP contribution is -2.42. The van der Waals surface area contributed by atoms with Gasteiger partial charge >= 0.3 is 0 Å². The highest BCUT2D eigenvalue weighted by atomic mass is 32.2. The molecule has 2 aromatic heterocycles. The van der Waals surface area contributed by atoms with Crippen LogP contribution in [0.4, 0.5) is 0 Å². The number of nitrogens with one attached hydrogen (secondary N) is 1. The number of pyridine rings is 1. The van der Waals surface area contributed by atoms with E-state index in [2.05, 4.69) is 19.8 Å². The molecule has 0 atom stereocenters. The Labute approximate surface area is 196 Å². The van der Waals surface area contributed by atoms with E-state index >= 15 is 0 Å². The Bertz CT molecular complexity index is 1500. The van der Waals surface area contributed by atoms with E-state index in [9.17, 15) is 13.2 Å². The molecule has 1 aliphatic carbocycles. The molecule has 0 radical (unpaired) electrons. The molecule has 1 N–H and O–H groups in total. The average molecular weight is 483 g/mol. The third-order valence-corrected chi connectivity index (χ3v) is 9.01. The lowest BCUT2D eigenvalue weighted by molar-refractivity contribution is 0.247. The predicted molar refractivity (Wildman–Crippen MR) is 131 cm³/mol. The van der Waals surface area contributed by atoms with Gasteiger partial charge in [-0.1, -0.05) is 31.4 Å². The summed E-state index contributed by atoms with van der Waals surface area (Å²) in [6.07, 6.45) is 4.63. The predicted octanol–water partition coefficient (Wildman–Crippen LogP) is 4.67. The molecule has 1 fully saturated rings. The minimum absolute atomic E-state index is 0.0273. The fourth-order valence-corrected chi connectivity index (χ4v) is 7.31. The summed E-state index contributed by atoms with van der Waals surface area (Å²) < 4.78 is 38.0. The smallest absolute Gasteiger partial charge is 0.252 e. The minimum atomic E-state index is -3.90. The molecule has 9 heteroatoms. The van der Waals surface area contributed by atoms with Crippen LogP contribution in [0.15, 0.2) is 46.1 Å². The van der Waals surface area contributed by atoms with Crippen LogP contribution in [0, 0.1) is 13.8 Å². The van der Waals surface area contributed by atoms with Crippen LogP contribution in [0.25, 0.3) is 21.9 Å². The SMILES string of the molecule is Cc1cc(C)c2cc(CN(C3CCCCC3)S(=O)(=O)c3cccc4nsnc34)c(=O)[nH]c2c1. The van der Waals surface area contributed by atoms with Crippen LogP contribution in [0.1, 0.15) is 48.8 Å². The molecular formula is C24H26N4O3S2. The number of fused-ring (bicyclic) bond motifs is 2. The van der Waals surface area contributed by atoms with E-state index in [1.807, 2.05) is 26.0 Å². The van der Waals surface area contributed by atoms with E-state index in [-0.39, 0.29) is 23.0 Å². The minimum Gasteiger partial charge on any atom is -0.322 e. The van der Waals surface area contributed by atoms with Crippen molar-refractivity contribution in [3.05, 3.63) is 63.4 Å². The van der Waals surface area contributed by atoms with E-state index in [1.54, 1.807) is 18.2 Å². The maximum absolute atomic E-state index is 14.0. The van der Waals surface area contributed by atoms with Crippen molar-refractivity contribution in [2.45, 2.75) is 63.4 Å². The van der Waals surface area contributed by atoms with Gasteiger partial charge in [-0.3, -0.25) is 4.79 Å². The summed E-state index contributed by atoms with van der Waals surface area (Å²) in [5, 5.41) is 0.932. The number of hydrogen-bond acceptors (Lipinski definition) is 6. The summed E-state index contributed by atoms with van der Waals surface area (Å²) in [4.78, 5) is 16.1. The Morgan fingerprint density at radius 2 is 1.88 bits per heavy atom. The fourth-order valence-electron chi connectivity index (χ4n) is 4.90. The van der Waals surface area contributed by atoms with Gasteiger partial charge in [-0.2, -0.15) is 13.1 Å². The normalized spacial score (nSPS) is 15.6. The second-order valence-corrected chi connectivity index (χ2v) is 11.3. The Kier molecular flexibility index (Phi) is 5.80. The quantitative estimate of drug-likeness (QED) is 0.446. The van der Waals surface area contributed by atoms with Crippen molar-refractivity contribution in [2.24, 2.45) is 0 Å². The van der Waals surface area contributed by atoms with Crippen LogP contribution < -0.4 is 5.56 Å². The van der Waals surface area contributed by atoms with E-state index in [4.69, 9.17) is 0 Å². The molecule has 0 amide bonds. The molecule has 0 bridgehead atoms. The molecular weight excluding hydrogens is 456 g/mol. The lowest BCUT2D eigenvalue weighted by Gasteiger charge is -2.33. The molecule has 0 saturated heterocycles. The molecule has 0 aliphatic heterocycles. The Hall–Kier alpha value is -2.62. The zero-order valence-electron chi connectivity index (χ0n) is 18.7. The molecule has 1 saturated carbocycles. The molecule has 7 nitrogen and oxygen atoms in total. The maximum atomic E-state index is 14.0. The molecule has 4 aromatic rings. The van der Waals surface area contributed by atoms with Gasteiger partial charge < -0.3 is 4.98 Å². The summed E-state index contributed by atoms with van der Waals surface area (Å²) in [7, 11) is -3.90. The summed E-state index contributed by atoms with van der Waals surface area (Å²) in [5.74, 6) is 0. The van der Waals surface area contributed by atoms with Crippen LogP contribution in [0.2, 0.25) is 0 Å². The highest BCUT2D eigenvalue weighted by Crippen LogP contribution is 2.32. The number of aromatic amines is 1. The second kappa shape index (κ2) is 8.62. The zero-order chi connectivity index (χ0) is 23.2. The third kappa shape index (κ3) is 4.09. The number of aromatic nitrogens is 3. The molecule has 1 aliphatic rings. The highest BCUT2D eigenvalue weighted by molar-refractivity contribution is 7.89. The van der Waals surface area contributed by atoms with Gasteiger partial charge in [0.15, 0.2) is 0 Å². The number of rotatable bonds is 5. The first kappa shape index (κ1) is 22.2. The standard InChI is InChI=1S/C24H26N4O3S2/c1-15-11-16(2)19-13-17(24(29)25-21(19)12-15)14-28(18-7-4-3-5-8-18)33(30,31)22-10-6-9-20-23(22)27-32-26-20/h6,9-13,18H,3-5,7-8,14H2,1-2H3,(H,25,29). The maximum Gasteiger partial charge on any atom is 0.252 e. The third-order valence-electron chi connectivity index (χ3n) is 6.53. The van der Waals surface area contributed by atoms with Crippen molar-refractivity contribution in [1.82, 2.24) is 18.0 Å². The second-order valence-electron chi connectivity index (χ2n) is 8.90. The monoisotopic (exact) mass is 482 g/mol. The molecule has 2 heterocycles. The van der Waals surface area contributed by atoms with Crippen LogP contribution >= 0.6 is 11.7 Å². The fraction of sp³-hybridized carbons (Fsp3) is 0.375. The van der Waals surface area contributed by atoms with E-state index in [0.29, 0.717) is 16.6 Å². The van der Waals surface area contributed by atoms with Crippen LogP contribution in [-0.4, -0.2) is 32.5 Å². The Morgan fingerprint density at radius 3 is 2.67 bits per heavy atom. The first-order valence-corrected chi connectivity index (χ1v) is 13.4. The summed E-state index contributed by atoms with van der Waals surface area (Å²) in [5.41, 5.74) is 4.05. The molecule has 0 unspecified atom stereocenters. The Balaban J connectivity index is 1.63. The van der Waals surface area contributed by atoms with Crippen molar-refractivity contribution in [1.29, 1.82) is 0 Å². The molecule has 172 valence electrons. The first-order valence-electron chi connectivity index (χ1n) is 11.2. The summed E-state index contributed by atoms with van der Waals surface area (Å²) in [6.45, 7) is 4.02. The van der Waals surface area contributed by atoms with Gasteiger partial charge in [0.25, 0.3) is 5.56 Å². The number of nitrogens with zero attached hydrogens (tertiary/aromatic N) is 3. The zero-order valence-corrected chi connectivity index (χ0v) is 20.3. The number of H-pyrrole nitrogens is 1. The van der Waals surface area contributed by atoms with Crippen LogP contribution in [0.5, 0.6) is 0 Å². The van der Waals surface area contributed by atoms with Gasteiger partial charge in [0, 0.05) is 29.1 Å². The van der Waals surface area contributed by atoms with Gasteiger partial charge in [-0.25, -0.2) is 8.42 Å². The van der Waals surface area contributed by atoms with Crippen LogP contribution in [0.3, 0.4) is 0 Å². The van der Waals surface area contributed by atoms with Gasteiger partial charge in [-0.15, -0.1) is 0 Å². The lowest BCUT2D eigenvalue weighted by atomic mass is 9.95. The van der Waals surface area contributed by atoms with Crippen molar-refractivity contribution < 1.29 is 8.42 Å². The van der Waals surface area contributed by atoms with Crippen LogP contribution in [-0.2, 0) is 16.6 Å². The largest absolute Gasteiger partial charge is 0.322 e. The number of benzene rings is 2. The van der Waals surface area contributed by atoms with E-state index < -0.39 is 10.0 Å². The molecule has 5 rings (SSSR count). The van der Waals surface area contributed by atoms with Crippen molar-refractivity contribution >= 4 is 43.7 Å². The molecule has 2 aromatic carbocycles. The van der Waals surface area contributed by atoms with Gasteiger partial charge in [-0.05, 0) is 62.1 Å². The van der Waals surface area contributed by atoms with Gasteiger partial charge in [0.1, 0.15) is 15.9 Å².